The van der Waals surface area contributed by atoms with Gasteiger partial charge in [-0.1, -0.05) is 28.1 Å². The van der Waals surface area contributed by atoms with Crippen LogP contribution >= 0.6 is 15.9 Å². The Kier molecular flexibility index (Phi) is 7.46. The summed E-state index contributed by atoms with van der Waals surface area (Å²) >= 11 is 3.47. The van der Waals surface area contributed by atoms with Crippen LogP contribution in [0, 0.1) is 11.3 Å². The van der Waals surface area contributed by atoms with Crippen LogP contribution in [0.15, 0.2) is 53.1 Å². The minimum Gasteiger partial charge on any atom is -0.493 e. The summed E-state index contributed by atoms with van der Waals surface area (Å²) in [6, 6.07) is 13.4. The fraction of sp³-hybridized carbons (Fsp3) is 0.208. The number of hydrogen-bond acceptors (Lipinski definition) is 6. The van der Waals surface area contributed by atoms with E-state index in [1.165, 1.54) is 6.20 Å². The van der Waals surface area contributed by atoms with Gasteiger partial charge >= 0.3 is 0 Å². The third-order valence-electron chi connectivity index (χ3n) is 4.70. The number of hydrogen-bond donors (Lipinski definition) is 2. The van der Waals surface area contributed by atoms with Gasteiger partial charge in [0, 0.05) is 45.5 Å². The summed E-state index contributed by atoms with van der Waals surface area (Å²) in [6.07, 6.45) is 3.30. The van der Waals surface area contributed by atoms with Gasteiger partial charge in [-0.25, -0.2) is 0 Å². The minimum atomic E-state index is -0.557. The fourth-order valence-corrected chi connectivity index (χ4v) is 3.65. The van der Waals surface area contributed by atoms with Gasteiger partial charge in [-0.05, 0) is 45.3 Å². The summed E-state index contributed by atoms with van der Waals surface area (Å²) in [6.45, 7) is 2.81. The van der Waals surface area contributed by atoms with Gasteiger partial charge in [0.25, 0.3) is 0 Å². The number of carbonyl (C=O) groups excluding carboxylic acids is 1. The van der Waals surface area contributed by atoms with Crippen LogP contribution in [-0.4, -0.2) is 43.0 Å². The molecule has 2 aromatic carbocycles. The van der Waals surface area contributed by atoms with Crippen LogP contribution in [0.5, 0.6) is 5.75 Å². The topological polar surface area (TPSA) is 104 Å². The normalized spacial score (nSPS) is 11.4. The second-order valence-corrected chi connectivity index (χ2v) is 8.25. The summed E-state index contributed by atoms with van der Waals surface area (Å²) in [5.74, 6) is -0.0486. The first-order valence-corrected chi connectivity index (χ1v) is 10.8. The molecule has 0 saturated heterocycles. The van der Waals surface area contributed by atoms with Gasteiger partial charge in [-0.3, -0.25) is 9.78 Å². The molecule has 0 aliphatic rings. The molecule has 1 amide bonds. The number of amides is 1. The van der Waals surface area contributed by atoms with Crippen LogP contribution in [0.1, 0.15) is 18.1 Å². The number of anilines is 2. The van der Waals surface area contributed by atoms with E-state index in [1.54, 1.807) is 18.2 Å². The van der Waals surface area contributed by atoms with Crippen molar-refractivity contribution in [1.29, 1.82) is 5.26 Å². The molecule has 3 rings (SSSR count). The molecule has 0 fully saturated rings. The van der Waals surface area contributed by atoms with E-state index in [4.69, 9.17) is 10.5 Å². The Bertz CT molecular complexity index is 1230. The molecule has 1 aromatic heterocycles. The third-order valence-corrected chi connectivity index (χ3v) is 5.19. The zero-order valence-electron chi connectivity index (χ0n) is 18.1. The maximum atomic E-state index is 12.3. The molecule has 8 heteroatoms. The summed E-state index contributed by atoms with van der Waals surface area (Å²) in [7, 11) is 3.81. The number of pyridine rings is 1. The zero-order chi connectivity index (χ0) is 23.3. The first kappa shape index (κ1) is 23.3. The molecular weight excluding hydrogens is 470 g/mol. The molecule has 0 atom stereocenters. The lowest BCUT2D eigenvalue weighted by Gasteiger charge is -2.17. The van der Waals surface area contributed by atoms with Crippen molar-refractivity contribution in [1.82, 2.24) is 9.88 Å². The Morgan fingerprint density at radius 1 is 1.34 bits per heavy atom. The van der Waals surface area contributed by atoms with E-state index in [1.807, 2.05) is 50.2 Å². The Morgan fingerprint density at radius 3 is 2.75 bits per heavy atom. The summed E-state index contributed by atoms with van der Waals surface area (Å²) in [5.41, 5.74) is 9.04. The largest absolute Gasteiger partial charge is 0.493 e. The minimum absolute atomic E-state index is 0.347. The number of nitrogens with zero attached hydrogens (tertiary/aromatic N) is 3. The summed E-state index contributed by atoms with van der Waals surface area (Å²) < 4.78 is 6.72. The Balaban J connectivity index is 2.27. The van der Waals surface area contributed by atoms with Crippen molar-refractivity contribution in [2.45, 2.75) is 6.92 Å². The van der Waals surface area contributed by atoms with Crippen LogP contribution < -0.4 is 15.8 Å². The number of aromatic nitrogens is 1. The van der Waals surface area contributed by atoms with E-state index in [9.17, 15) is 10.1 Å². The molecule has 0 aliphatic carbocycles. The third kappa shape index (κ3) is 5.25. The van der Waals surface area contributed by atoms with Crippen molar-refractivity contribution in [3.05, 3.63) is 64.3 Å². The highest BCUT2D eigenvalue weighted by molar-refractivity contribution is 9.10. The maximum absolute atomic E-state index is 12.3. The van der Waals surface area contributed by atoms with Gasteiger partial charge in [0.2, 0.25) is 5.91 Å². The SMILES string of the molecule is CCOc1cc2ncc(C#N)c(Nc3cccc(Br)c3)c2cc1C(=CCN(C)C)C(N)=O. The quantitative estimate of drug-likeness (QED) is 0.449. The molecule has 0 unspecified atom stereocenters. The Hall–Kier alpha value is -3.41. The number of nitriles is 1. The van der Waals surface area contributed by atoms with Crippen molar-refractivity contribution in [2.24, 2.45) is 5.73 Å². The number of rotatable bonds is 8. The van der Waals surface area contributed by atoms with Gasteiger partial charge in [-0.2, -0.15) is 5.26 Å². The van der Waals surface area contributed by atoms with Crippen LogP contribution in [0.4, 0.5) is 11.4 Å². The van der Waals surface area contributed by atoms with Crippen molar-refractivity contribution in [3.63, 3.8) is 0 Å². The first-order valence-electron chi connectivity index (χ1n) is 10.0. The molecule has 32 heavy (non-hydrogen) atoms. The molecule has 0 saturated carbocycles. The lowest BCUT2D eigenvalue weighted by atomic mass is 9.99. The molecule has 0 radical (unpaired) electrons. The zero-order valence-corrected chi connectivity index (χ0v) is 19.7. The molecule has 7 nitrogen and oxygen atoms in total. The molecule has 0 spiro atoms. The van der Waals surface area contributed by atoms with Gasteiger partial charge in [0.05, 0.1) is 23.4 Å². The number of nitrogens with two attached hydrogens (primary N) is 1. The van der Waals surface area contributed by atoms with Gasteiger partial charge in [-0.15, -0.1) is 0 Å². The first-order chi connectivity index (χ1) is 15.3. The van der Waals surface area contributed by atoms with E-state index < -0.39 is 5.91 Å². The van der Waals surface area contributed by atoms with Gasteiger partial charge in [0.15, 0.2) is 0 Å². The number of fused-ring (bicyclic) bond motifs is 1. The number of ether oxygens (including phenoxy) is 1. The predicted molar refractivity (Wildman–Crippen MR) is 131 cm³/mol. The van der Waals surface area contributed by atoms with Crippen molar-refractivity contribution in [3.8, 4) is 11.8 Å². The monoisotopic (exact) mass is 493 g/mol. The van der Waals surface area contributed by atoms with Crippen molar-refractivity contribution >= 4 is 49.7 Å². The highest BCUT2D eigenvalue weighted by atomic mass is 79.9. The number of nitrogens with one attached hydrogen (secondary N) is 1. The second kappa shape index (κ2) is 10.3. The molecular formula is C24H24BrN5O2. The Morgan fingerprint density at radius 2 is 2.12 bits per heavy atom. The summed E-state index contributed by atoms with van der Waals surface area (Å²) in [4.78, 5) is 18.7. The van der Waals surface area contributed by atoms with Crippen LogP contribution in [0.2, 0.25) is 0 Å². The molecule has 0 aliphatic heterocycles. The number of likely N-dealkylation sites (N-methyl/N-ethyl adjacent to an activating group) is 1. The highest BCUT2D eigenvalue weighted by Gasteiger charge is 2.19. The number of halogens is 1. The van der Waals surface area contributed by atoms with E-state index in [0.717, 1.165) is 10.2 Å². The predicted octanol–water partition coefficient (Wildman–Crippen LogP) is 4.44. The van der Waals surface area contributed by atoms with E-state index in [-0.39, 0.29) is 0 Å². The molecule has 1 heterocycles. The Labute approximate surface area is 195 Å². The maximum Gasteiger partial charge on any atom is 0.249 e. The molecule has 164 valence electrons. The number of benzene rings is 2. The van der Waals surface area contributed by atoms with Crippen molar-refractivity contribution < 1.29 is 9.53 Å². The number of carbonyl (C=O) groups is 1. The average Bonchev–Trinajstić information content (AvgIpc) is 2.74. The fourth-order valence-electron chi connectivity index (χ4n) is 3.25. The molecule has 3 aromatic rings. The lowest BCUT2D eigenvalue weighted by molar-refractivity contribution is -0.112. The number of primary amides is 1. The van der Waals surface area contributed by atoms with E-state index in [2.05, 4.69) is 32.3 Å². The summed E-state index contributed by atoms with van der Waals surface area (Å²) in [5, 5.41) is 13.7. The smallest absolute Gasteiger partial charge is 0.249 e. The lowest BCUT2D eigenvalue weighted by Crippen LogP contribution is -2.17. The molecule has 0 bridgehead atoms. The van der Waals surface area contributed by atoms with Crippen LogP contribution in [-0.2, 0) is 4.79 Å². The van der Waals surface area contributed by atoms with E-state index in [0.29, 0.717) is 52.2 Å². The van der Waals surface area contributed by atoms with Gasteiger partial charge < -0.3 is 20.7 Å². The molecule has 3 N–H and O–H groups in total. The van der Waals surface area contributed by atoms with Crippen LogP contribution in [0.25, 0.3) is 16.5 Å². The standard InChI is InChI=1S/C24H24BrN5O2/c1-4-32-22-12-21-20(11-19(22)18(24(27)31)8-9-30(2)3)23(15(13-26)14-28-21)29-17-7-5-6-16(25)10-17/h5-8,10-12,14H,4,9H2,1-3H3,(H2,27,31)(H,28,29). The highest BCUT2D eigenvalue weighted by Crippen LogP contribution is 2.36. The van der Waals surface area contributed by atoms with Crippen molar-refractivity contribution in [2.75, 3.05) is 32.6 Å². The van der Waals surface area contributed by atoms with Gasteiger partial charge in [0.1, 0.15) is 11.8 Å². The second-order valence-electron chi connectivity index (χ2n) is 7.34. The van der Waals surface area contributed by atoms with Crippen LogP contribution in [0.3, 0.4) is 0 Å². The van der Waals surface area contributed by atoms with E-state index >= 15 is 0 Å². The average molecular weight is 494 g/mol.